The Balaban J connectivity index is 1.72. The Bertz CT molecular complexity index is 854. The molecule has 0 fully saturated rings. The third-order valence-electron chi connectivity index (χ3n) is 4.36. The van der Waals surface area contributed by atoms with Gasteiger partial charge in [0.1, 0.15) is 5.58 Å². The molecule has 0 atom stereocenters. The summed E-state index contributed by atoms with van der Waals surface area (Å²) in [6.07, 6.45) is 1.99. The number of carbonyl (C=O) groups excluding carboxylic acids is 1. The summed E-state index contributed by atoms with van der Waals surface area (Å²) in [6, 6.07) is 4.10. The summed E-state index contributed by atoms with van der Waals surface area (Å²) in [4.78, 5) is 12.2. The molecule has 5 nitrogen and oxygen atoms in total. The molecule has 5 heteroatoms. The number of carbonyl (C=O) groups is 1. The first kappa shape index (κ1) is 15.3. The van der Waals surface area contributed by atoms with Crippen molar-refractivity contribution in [3.05, 3.63) is 52.0 Å². The number of aromatic amines is 1. The van der Waals surface area contributed by atoms with E-state index < -0.39 is 0 Å². The maximum absolute atomic E-state index is 12.2. The number of rotatable bonds is 4. The predicted molar refractivity (Wildman–Crippen MR) is 89.3 cm³/mol. The zero-order valence-corrected chi connectivity index (χ0v) is 13.9. The van der Waals surface area contributed by atoms with Crippen molar-refractivity contribution in [1.82, 2.24) is 15.5 Å². The van der Waals surface area contributed by atoms with E-state index in [1.807, 2.05) is 19.9 Å². The molecule has 0 radical (unpaired) electrons. The van der Waals surface area contributed by atoms with Crippen molar-refractivity contribution in [2.45, 2.75) is 40.7 Å². The third kappa shape index (κ3) is 2.99. The molecule has 0 saturated heterocycles. The Hall–Kier alpha value is -2.56. The van der Waals surface area contributed by atoms with Crippen molar-refractivity contribution in [3.63, 3.8) is 0 Å². The molecule has 23 heavy (non-hydrogen) atoms. The van der Waals surface area contributed by atoms with Crippen LogP contribution in [-0.4, -0.2) is 16.1 Å². The maximum Gasteiger partial charge on any atom is 0.224 e. The Kier molecular flexibility index (Phi) is 3.94. The van der Waals surface area contributed by atoms with Gasteiger partial charge in [0, 0.05) is 28.8 Å². The summed E-state index contributed by atoms with van der Waals surface area (Å²) in [5.74, 6) is -0.0223. The van der Waals surface area contributed by atoms with Crippen molar-refractivity contribution < 1.29 is 9.21 Å². The molecule has 0 aliphatic rings. The number of amides is 1. The number of nitrogens with zero attached hydrogens (tertiary/aromatic N) is 1. The minimum atomic E-state index is -0.0223. The number of aromatic nitrogens is 2. The van der Waals surface area contributed by atoms with E-state index in [0.29, 0.717) is 13.0 Å². The normalized spacial score (nSPS) is 11.1. The molecule has 1 aromatic carbocycles. The number of fused-ring (bicyclic) bond motifs is 1. The highest BCUT2D eigenvalue weighted by atomic mass is 16.3. The van der Waals surface area contributed by atoms with Crippen molar-refractivity contribution in [3.8, 4) is 0 Å². The molecule has 3 rings (SSSR count). The number of benzene rings is 1. The van der Waals surface area contributed by atoms with Gasteiger partial charge < -0.3 is 9.73 Å². The van der Waals surface area contributed by atoms with E-state index in [1.54, 1.807) is 6.26 Å². The number of hydrogen-bond acceptors (Lipinski definition) is 3. The second-order valence-corrected chi connectivity index (χ2v) is 6.06. The van der Waals surface area contributed by atoms with Crippen LogP contribution < -0.4 is 5.32 Å². The second kappa shape index (κ2) is 5.91. The van der Waals surface area contributed by atoms with Gasteiger partial charge in [-0.25, -0.2) is 0 Å². The summed E-state index contributed by atoms with van der Waals surface area (Å²) in [5, 5.41) is 11.0. The Morgan fingerprint density at radius 1 is 1.22 bits per heavy atom. The smallest absolute Gasteiger partial charge is 0.224 e. The van der Waals surface area contributed by atoms with Gasteiger partial charge in [-0.1, -0.05) is 0 Å². The van der Waals surface area contributed by atoms with Crippen molar-refractivity contribution >= 4 is 16.9 Å². The van der Waals surface area contributed by atoms with Gasteiger partial charge in [0.25, 0.3) is 0 Å². The van der Waals surface area contributed by atoms with E-state index in [0.717, 1.165) is 33.5 Å². The average molecular weight is 311 g/mol. The molecule has 2 heterocycles. The third-order valence-corrected chi connectivity index (χ3v) is 4.36. The largest absolute Gasteiger partial charge is 0.464 e. The summed E-state index contributed by atoms with van der Waals surface area (Å²) in [7, 11) is 0. The fourth-order valence-corrected chi connectivity index (χ4v) is 2.73. The molecule has 0 aliphatic heterocycles. The SMILES string of the molecule is Cc1cc2occ(CC(=O)NCc3c(C)n[nH]c3C)c2cc1C. The van der Waals surface area contributed by atoms with Gasteiger partial charge in [-0.3, -0.25) is 9.89 Å². The van der Waals surface area contributed by atoms with Crippen LogP contribution >= 0.6 is 0 Å². The first-order valence-corrected chi connectivity index (χ1v) is 7.70. The lowest BCUT2D eigenvalue weighted by Gasteiger charge is -2.05. The summed E-state index contributed by atoms with van der Waals surface area (Å²) in [5.41, 5.74) is 7.09. The van der Waals surface area contributed by atoms with E-state index in [9.17, 15) is 4.79 Å². The lowest BCUT2D eigenvalue weighted by atomic mass is 10.0. The second-order valence-electron chi connectivity index (χ2n) is 6.06. The van der Waals surface area contributed by atoms with Crippen LogP contribution in [0, 0.1) is 27.7 Å². The zero-order chi connectivity index (χ0) is 16.6. The molecule has 0 bridgehead atoms. The topological polar surface area (TPSA) is 70.9 Å². The monoisotopic (exact) mass is 311 g/mol. The average Bonchev–Trinajstić information content (AvgIpc) is 3.02. The van der Waals surface area contributed by atoms with E-state index >= 15 is 0 Å². The van der Waals surface area contributed by atoms with Crippen LogP contribution in [0.25, 0.3) is 11.0 Å². The molecule has 1 amide bonds. The fraction of sp³-hybridized carbons (Fsp3) is 0.333. The molecule has 120 valence electrons. The first-order valence-electron chi connectivity index (χ1n) is 7.70. The van der Waals surface area contributed by atoms with E-state index in [1.165, 1.54) is 11.1 Å². The highest BCUT2D eigenvalue weighted by Crippen LogP contribution is 2.25. The van der Waals surface area contributed by atoms with Crippen LogP contribution in [0.15, 0.2) is 22.8 Å². The number of nitrogens with one attached hydrogen (secondary N) is 2. The predicted octanol–water partition coefficient (Wildman–Crippen LogP) is 3.25. The highest BCUT2D eigenvalue weighted by molar-refractivity contribution is 5.88. The van der Waals surface area contributed by atoms with Crippen LogP contribution in [0.4, 0.5) is 0 Å². The lowest BCUT2D eigenvalue weighted by Crippen LogP contribution is -2.25. The fourth-order valence-electron chi connectivity index (χ4n) is 2.73. The zero-order valence-electron chi connectivity index (χ0n) is 13.9. The lowest BCUT2D eigenvalue weighted by molar-refractivity contribution is -0.120. The summed E-state index contributed by atoms with van der Waals surface area (Å²) >= 11 is 0. The van der Waals surface area contributed by atoms with Crippen LogP contribution in [0.3, 0.4) is 0 Å². The molecule has 0 unspecified atom stereocenters. The standard InChI is InChI=1S/C18H21N3O2/c1-10-5-15-14(9-23-17(15)6-11(10)2)7-18(22)19-8-16-12(3)20-21-13(16)4/h5-6,9H,7-8H2,1-4H3,(H,19,22)(H,20,21). The molecular weight excluding hydrogens is 290 g/mol. The Morgan fingerprint density at radius 3 is 2.65 bits per heavy atom. The van der Waals surface area contributed by atoms with E-state index in [4.69, 9.17) is 4.42 Å². The molecule has 3 aromatic rings. The summed E-state index contributed by atoms with van der Waals surface area (Å²) in [6.45, 7) is 8.49. The minimum Gasteiger partial charge on any atom is -0.464 e. The van der Waals surface area contributed by atoms with Crippen LogP contribution in [0.2, 0.25) is 0 Å². The van der Waals surface area contributed by atoms with Gasteiger partial charge in [-0.15, -0.1) is 0 Å². The van der Waals surface area contributed by atoms with E-state index in [2.05, 4.69) is 35.4 Å². The number of aryl methyl sites for hydroxylation is 4. The van der Waals surface area contributed by atoms with Crippen LogP contribution in [0.5, 0.6) is 0 Å². The van der Waals surface area contributed by atoms with Gasteiger partial charge in [0.15, 0.2) is 0 Å². The van der Waals surface area contributed by atoms with Crippen molar-refractivity contribution in [1.29, 1.82) is 0 Å². The van der Waals surface area contributed by atoms with Crippen molar-refractivity contribution in [2.24, 2.45) is 0 Å². The Morgan fingerprint density at radius 2 is 1.96 bits per heavy atom. The van der Waals surface area contributed by atoms with Crippen molar-refractivity contribution in [2.75, 3.05) is 0 Å². The quantitative estimate of drug-likeness (QED) is 0.777. The molecule has 0 saturated carbocycles. The highest BCUT2D eigenvalue weighted by Gasteiger charge is 2.13. The van der Waals surface area contributed by atoms with Crippen LogP contribution in [0.1, 0.15) is 33.6 Å². The number of hydrogen-bond donors (Lipinski definition) is 2. The van der Waals surface area contributed by atoms with Gasteiger partial charge in [-0.05, 0) is 51.0 Å². The first-order chi connectivity index (χ1) is 11.0. The molecule has 2 aromatic heterocycles. The van der Waals surface area contributed by atoms with Gasteiger partial charge in [0.05, 0.1) is 18.4 Å². The molecule has 0 spiro atoms. The summed E-state index contributed by atoms with van der Waals surface area (Å²) < 4.78 is 5.58. The maximum atomic E-state index is 12.2. The number of H-pyrrole nitrogens is 1. The van der Waals surface area contributed by atoms with Gasteiger partial charge in [-0.2, -0.15) is 5.10 Å². The molecule has 0 aliphatic carbocycles. The van der Waals surface area contributed by atoms with Gasteiger partial charge in [0.2, 0.25) is 5.91 Å². The van der Waals surface area contributed by atoms with E-state index in [-0.39, 0.29) is 5.91 Å². The molecule has 2 N–H and O–H groups in total. The van der Waals surface area contributed by atoms with Crippen LogP contribution in [-0.2, 0) is 17.8 Å². The molecular formula is C18H21N3O2. The minimum absolute atomic E-state index is 0.0223. The number of furan rings is 1. The Labute approximate surface area is 135 Å². The van der Waals surface area contributed by atoms with Gasteiger partial charge >= 0.3 is 0 Å².